The van der Waals surface area contributed by atoms with Crippen molar-refractivity contribution in [1.82, 2.24) is 14.0 Å². The lowest BCUT2D eigenvalue weighted by molar-refractivity contribution is 0.0600. The minimum atomic E-state index is -0.454. The Kier molecular flexibility index (Phi) is 4.15. The van der Waals surface area contributed by atoms with Gasteiger partial charge in [-0.2, -0.15) is 0 Å². The van der Waals surface area contributed by atoms with Gasteiger partial charge in [0.2, 0.25) is 0 Å². The summed E-state index contributed by atoms with van der Waals surface area (Å²) in [6, 6.07) is 13.1. The van der Waals surface area contributed by atoms with Crippen molar-refractivity contribution in [1.29, 1.82) is 0 Å². The molecule has 140 valence electrons. The molecule has 0 unspecified atom stereocenters. The molecule has 1 aromatic carbocycles. The third-order valence-corrected chi connectivity index (χ3v) is 4.51. The molecule has 4 rings (SSSR count). The summed E-state index contributed by atoms with van der Waals surface area (Å²) in [7, 11) is 2.99. The summed E-state index contributed by atoms with van der Waals surface area (Å²) in [4.78, 5) is 41.4. The van der Waals surface area contributed by atoms with Gasteiger partial charge in [0, 0.05) is 18.9 Å². The van der Waals surface area contributed by atoms with Crippen LogP contribution in [0.4, 0.5) is 5.69 Å². The minimum absolute atomic E-state index is 0.238. The maximum atomic E-state index is 12.7. The lowest BCUT2D eigenvalue weighted by Gasteiger charge is -2.07. The Balaban J connectivity index is 1.70. The summed E-state index contributed by atoms with van der Waals surface area (Å²) in [5.41, 5.74) is 1.89. The largest absolute Gasteiger partial charge is 0.465 e. The highest BCUT2D eigenvalue weighted by Crippen LogP contribution is 2.17. The zero-order valence-corrected chi connectivity index (χ0v) is 15.2. The molecule has 3 aromatic heterocycles. The van der Waals surface area contributed by atoms with Crippen molar-refractivity contribution in [3.8, 4) is 0 Å². The fourth-order valence-corrected chi connectivity index (χ4v) is 3.04. The number of amides is 1. The first-order chi connectivity index (χ1) is 13.5. The molecule has 0 atom stereocenters. The Labute approximate surface area is 159 Å². The van der Waals surface area contributed by atoms with Gasteiger partial charge in [0.05, 0.1) is 18.1 Å². The van der Waals surface area contributed by atoms with Crippen molar-refractivity contribution in [3.63, 3.8) is 0 Å². The van der Waals surface area contributed by atoms with Gasteiger partial charge in [0.15, 0.2) is 0 Å². The standard InChI is InChI=1S/C20H16N4O4/c1-23-15(18(25)21-13-8-6-12(7-9-13)20(27)28-2)11-14-17(23)22-16-5-3-4-10-24(16)19(14)26/h3-11H,1-2H3,(H,21,25). The van der Waals surface area contributed by atoms with Crippen LogP contribution in [-0.4, -0.2) is 32.9 Å². The number of carbonyl (C=O) groups excluding carboxylic acids is 2. The molecule has 0 aliphatic carbocycles. The molecule has 8 nitrogen and oxygen atoms in total. The third kappa shape index (κ3) is 2.81. The summed E-state index contributed by atoms with van der Waals surface area (Å²) < 4.78 is 7.68. The average molecular weight is 376 g/mol. The number of esters is 1. The molecule has 0 bridgehead atoms. The second-order valence-corrected chi connectivity index (χ2v) is 6.19. The first kappa shape index (κ1) is 17.5. The van der Waals surface area contributed by atoms with E-state index in [1.54, 1.807) is 60.3 Å². The number of methoxy groups -OCH3 is 1. The summed E-state index contributed by atoms with van der Waals surface area (Å²) >= 11 is 0. The van der Waals surface area contributed by atoms with Crippen LogP contribution in [-0.2, 0) is 11.8 Å². The molecule has 28 heavy (non-hydrogen) atoms. The highest BCUT2D eigenvalue weighted by atomic mass is 16.5. The average Bonchev–Trinajstić information content (AvgIpc) is 3.05. The van der Waals surface area contributed by atoms with E-state index in [4.69, 9.17) is 0 Å². The fourth-order valence-electron chi connectivity index (χ4n) is 3.04. The molecule has 1 N–H and O–H groups in total. The van der Waals surface area contributed by atoms with E-state index in [2.05, 4.69) is 15.0 Å². The number of benzene rings is 1. The first-order valence-electron chi connectivity index (χ1n) is 8.46. The summed E-state index contributed by atoms with van der Waals surface area (Å²) in [6.07, 6.45) is 1.64. The summed E-state index contributed by atoms with van der Waals surface area (Å²) in [6.45, 7) is 0. The van der Waals surface area contributed by atoms with Crippen molar-refractivity contribution >= 4 is 34.2 Å². The lowest BCUT2D eigenvalue weighted by atomic mass is 10.2. The summed E-state index contributed by atoms with van der Waals surface area (Å²) in [5, 5.41) is 3.12. The van der Waals surface area contributed by atoms with Crippen molar-refractivity contribution in [3.05, 3.63) is 76.3 Å². The lowest BCUT2D eigenvalue weighted by Crippen LogP contribution is -2.16. The van der Waals surface area contributed by atoms with Gasteiger partial charge in [0.25, 0.3) is 11.5 Å². The number of nitrogens with zero attached hydrogens (tertiary/aromatic N) is 3. The second kappa shape index (κ2) is 6.66. The van der Waals surface area contributed by atoms with Crippen LogP contribution < -0.4 is 10.9 Å². The van der Waals surface area contributed by atoms with Gasteiger partial charge in [-0.1, -0.05) is 6.07 Å². The van der Waals surface area contributed by atoms with E-state index in [1.165, 1.54) is 17.6 Å². The molecule has 0 saturated heterocycles. The van der Waals surface area contributed by atoms with Crippen LogP contribution in [0.5, 0.6) is 0 Å². The normalized spacial score (nSPS) is 10.9. The number of carbonyl (C=O) groups is 2. The minimum Gasteiger partial charge on any atom is -0.465 e. The predicted molar refractivity (Wildman–Crippen MR) is 104 cm³/mol. The van der Waals surface area contributed by atoms with Crippen LogP contribution in [0.15, 0.2) is 59.5 Å². The molecule has 0 aliphatic rings. The van der Waals surface area contributed by atoms with Crippen molar-refractivity contribution < 1.29 is 14.3 Å². The zero-order valence-electron chi connectivity index (χ0n) is 15.2. The van der Waals surface area contributed by atoms with Crippen LogP contribution in [0, 0.1) is 0 Å². The van der Waals surface area contributed by atoms with E-state index < -0.39 is 5.97 Å². The molecule has 8 heteroatoms. The molecule has 0 radical (unpaired) electrons. The van der Waals surface area contributed by atoms with E-state index in [9.17, 15) is 14.4 Å². The highest BCUT2D eigenvalue weighted by Gasteiger charge is 2.18. The van der Waals surface area contributed by atoms with E-state index in [0.29, 0.717) is 33.6 Å². The van der Waals surface area contributed by atoms with Crippen molar-refractivity contribution in [2.24, 2.45) is 7.05 Å². The molecule has 4 aromatic rings. The third-order valence-electron chi connectivity index (χ3n) is 4.51. The number of anilines is 1. The van der Waals surface area contributed by atoms with E-state index >= 15 is 0 Å². The van der Waals surface area contributed by atoms with Crippen molar-refractivity contribution in [2.45, 2.75) is 0 Å². The van der Waals surface area contributed by atoms with Crippen LogP contribution >= 0.6 is 0 Å². The molecular weight excluding hydrogens is 360 g/mol. The van der Waals surface area contributed by atoms with E-state index in [0.717, 1.165) is 0 Å². The Bertz CT molecular complexity index is 1290. The van der Waals surface area contributed by atoms with Gasteiger partial charge in [-0.05, 0) is 42.5 Å². The Hall–Kier alpha value is -3.94. The Morgan fingerprint density at radius 3 is 2.57 bits per heavy atom. The van der Waals surface area contributed by atoms with Gasteiger partial charge >= 0.3 is 5.97 Å². The zero-order chi connectivity index (χ0) is 19.8. The molecule has 3 heterocycles. The van der Waals surface area contributed by atoms with Gasteiger partial charge in [-0.15, -0.1) is 0 Å². The van der Waals surface area contributed by atoms with Crippen LogP contribution in [0.1, 0.15) is 20.8 Å². The van der Waals surface area contributed by atoms with Gasteiger partial charge in [-0.3, -0.25) is 14.0 Å². The Morgan fingerprint density at radius 1 is 1.11 bits per heavy atom. The number of aryl methyl sites for hydroxylation is 1. The van der Waals surface area contributed by atoms with Gasteiger partial charge < -0.3 is 14.6 Å². The number of ether oxygens (including phenoxy) is 1. The SMILES string of the molecule is COC(=O)c1ccc(NC(=O)c2cc3c(=O)n4ccccc4nc3n2C)cc1. The smallest absolute Gasteiger partial charge is 0.337 e. The van der Waals surface area contributed by atoms with Gasteiger partial charge in [0.1, 0.15) is 17.0 Å². The van der Waals surface area contributed by atoms with Crippen LogP contribution in [0.3, 0.4) is 0 Å². The number of hydrogen-bond donors (Lipinski definition) is 1. The number of hydrogen-bond acceptors (Lipinski definition) is 5. The predicted octanol–water partition coefficient (Wildman–Crippen LogP) is 2.23. The number of pyridine rings is 1. The number of nitrogens with one attached hydrogen (secondary N) is 1. The maximum absolute atomic E-state index is 12.7. The fraction of sp³-hybridized carbons (Fsp3) is 0.100. The maximum Gasteiger partial charge on any atom is 0.337 e. The summed E-state index contributed by atoms with van der Waals surface area (Å²) in [5.74, 6) is -0.843. The molecule has 0 saturated carbocycles. The molecule has 0 spiro atoms. The van der Waals surface area contributed by atoms with Crippen LogP contribution in [0.25, 0.3) is 16.7 Å². The quantitative estimate of drug-likeness (QED) is 0.553. The van der Waals surface area contributed by atoms with E-state index in [1.807, 2.05) is 0 Å². The Morgan fingerprint density at radius 2 is 1.86 bits per heavy atom. The van der Waals surface area contributed by atoms with Crippen LogP contribution in [0.2, 0.25) is 0 Å². The first-order valence-corrected chi connectivity index (χ1v) is 8.46. The second-order valence-electron chi connectivity index (χ2n) is 6.19. The molecule has 0 aliphatic heterocycles. The monoisotopic (exact) mass is 376 g/mol. The molecule has 1 amide bonds. The number of rotatable bonds is 3. The topological polar surface area (TPSA) is 94.7 Å². The number of fused-ring (bicyclic) bond motifs is 2. The van der Waals surface area contributed by atoms with E-state index in [-0.39, 0.29) is 11.5 Å². The van der Waals surface area contributed by atoms with Crippen molar-refractivity contribution in [2.75, 3.05) is 12.4 Å². The molecule has 0 fully saturated rings. The molecular formula is C20H16N4O4. The van der Waals surface area contributed by atoms with Gasteiger partial charge in [-0.25, -0.2) is 9.78 Å². The highest BCUT2D eigenvalue weighted by molar-refractivity contribution is 6.06. The number of aromatic nitrogens is 3.